The number of carbonyl (C=O) groups is 2. The number of carbonyl (C=O) groups excluding carboxylic acids is 2. The molecule has 2 heterocycles. The molecule has 5 nitrogen and oxygen atoms in total. The van der Waals surface area contributed by atoms with Crippen molar-refractivity contribution in [3.05, 3.63) is 71.9 Å². The minimum absolute atomic E-state index is 0.000735. The Labute approximate surface area is 132 Å². The minimum atomic E-state index is -0.641. The molecule has 1 aromatic heterocycles. The molecule has 0 bridgehead atoms. The number of cyclic esters (lactones) is 2. The van der Waals surface area contributed by atoms with Crippen molar-refractivity contribution in [1.82, 2.24) is 9.78 Å². The summed E-state index contributed by atoms with van der Waals surface area (Å²) in [6.45, 7) is 0. The van der Waals surface area contributed by atoms with Gasteiger partial charge in [0.1, 0.15) is 5.56 Å². The number of fused-ring (bicyclic) bond motifs is 1. The average molecular weight is 304 g/mol. The van der Waals surface area contributed by atoms with E-state index >= 15 is 0 Å². The first-order valence-electron chi connectivity index (χ1n) is 7.22. The van der Waals surface area contributed by atoms with Gasteiger partial charge in [-0.15, -0.1) is 0 Å². The van der Waals surface area contributed by atoms with Crippen molar-refractivity contribution in [2.24, 2.45) is 0 Å². The molecule has 1 aliphatic rings. The average Bonchev–Trinajstić information content (AvgIpc) is 2.96. The van der Waals surface area contributed by atoms with Gasteiger partial charge in [-0.05, 0) is 12.1 Å². The highest BCUT2D eigenvalue weighted by atomic mass is 16.6. The second-order valence-corrected chi connectivity index (χ2v) is 5.22. The fraction of sp³-hybridized carbons (Fsp3) is 0.0556. The molecule has 0 spiro atoms. The third kappa shape index (κ3) is 2.23. The molecule has 0 N–H and O–H groups in total. The topological polar surface area (TPSA) is 61.2 Å². The Morgan fingerprint density at radius 3 is 2.26 bits per heavy atom. The molecule has 2 aromatic carbocycles. The third-order valence-electron chi connectivity index (χ3n) is 3.73. The lowest BCUT2D eigenvalue weighted by Crippen LogP contribution is -2.22. The molecule has 0 saturated carbocycles. The summed E-state index contributed by atoms with van der Waals surface area (Å²) in [7, 11) is 0. The lowest BCUT2D eigenvalue weighted by atomic mass is 10.0. The Bertz CT molecular complexity index is 899. The van der Waals surface area contributed by atoms with Crippen LogP contribution in [-0.4, -0.2) is 21.7 Å². The zero-order chi connectivity index (χ0) is 15.8. The summed E-state index contributed by atoms with van der Waals surface area (Å²) in [5.74, 6) is -1.21. The van der Waals surface area contributed by atoms with Gasteiger partial charge in [-0.2, -0.15) is 5.10 Å². The van der Waals surface area contributed by atoms with Gasteiger partial charge < -0.3 is 4.74 Å². The molecule has 4 rings (SSSR count). The van der Waals surface area contributed by atoms with E-state index in [4.69, 9.17) is 4.74 Å². The van der Waals surface area contributed by atoms with Crippen LogP contribution in [0.4, 0.5) is 0 Å². The van der Waals surface area contributed by atoms with E-state index < -0.39 is 11.9 Å². The molecule has 3 aromatic rings. The van der Waals surface area contributed by atoms with Crippen LogP contribution in [-0.2, 0) is 16.0 Å². The molecular formula is C18H12N2O3. The number of ether oxygens (including phenoxy) is 1. The number of aromatic nitrogens is 2. The molecule has 0 fully saturated rings. The van der Waals surface area contributed by atoms with Gasteiger partial charge in [0.15, 0.2) is 0 Å². The van der Waals surface area contributed by atoms with Gasteiger partial charge in [-0.3, -0.25) is 4.79 Å². The van der Waals surface area contributed by atoms with E-state index in [1.54, 1.807) is 4.68 Å². The van der Waals surface area contributed by atoms with Crippen molar-refractivity contribution < 1.29 is 14.3 Å². The summed E-state index contributed by atoms with van der Waals surface area (Å²) in [5.41, 5.74) is 3.12. The number of rotatable bonds is 2. The first kappa shape index (κ1) is 13.5. The number of nitrogens with zero attached hydrogens (tertiary/aromatic N) is 2. The van der Waals surface area contributed by atoms with Crippen LogP contribution >= 0.6 is 0 Å². The molecule has 23 heavy (non-hydrogen) atoms. The van der Waals surface area contributed by atoms with Crippen molar-refractivity contribution in [3.63, 3.8) is 0 Å². The molecule has 0 aliphatic carbocycles. The molecule has 0 atom stereocenters. The van der Waals surface area contributed by atoms with Crippen LogP contribution in [0.1, 0.15) is 16.1 Å². The highest BCUT2D eigenvalue weighted by Crippen LogP contribution is 2.32. The fourth-order valence-corrected chi connectivity index (χ4v) is 2.75. The van der Waals surface area contributed by atoms with Gasteiger partial charge >= 0.3 is 11.9 Å². The molecule has 0 amide bonds. The number of para-hydroxylation sites is 1. The molecular weight excluding hydrogens is 292 g/mol. The van der Waals surface area contributed by atoms with Crippen LogP contribution in [0.15, 0.2) is 60.7 Å². The van der Waals surface area contributed by atoms with Crippen molar-refractivity contribution in [3.8, 4) is 16.9 Å². The Balaban J connectivity index is 2.02. The summed E-state index contributed by atoms with van der Waals surface area (Å²) >= 11 is 0. The van der Waals surface area contributed by atoms with E-state index in [-0.39, 0.29) is 6.42 Å². The Hall–Kier alpha value is -3.21. The number of hydrogen-bond acceptors (Lipinski definition) is 4. The summed E-state index contributed by atoms with van der Waals surface area (Å²) in [6.07, 6.45) is 0.000735. The van der Waals surface area contributed by atoms with Crippen LogP contribution in [0, 0.1) is 0 Å². The highest BCUT2D eigenvalue weighted by molar-refractivity contribution is 6.06. The van der Waals surface area contributed by atoms with E-state index in [9.17, 15) is 9.59 Å². The summed E-state index contributed by atoms with van der Waals surface area (Å²) in [5, 5.41) is 4.49. The molecule has 5 heteroatoms. The lowest BCUT2D eigenvalue weighted by molar-refractivity contribution is -0.137. The standard InChI is InChI=1S/C18H12N2O3/c21-15-11-14-16(18(22)23-15)17(12-7-3-1-4-8-12)20(19-14)13-9-5-2-6-10-13/h1-10H,11H2. The first-order valence-corrected chi connectivity index (χ1v) is 7.22. The van der Waals surface area contributed by atoms with Crippen molar-refractivity contribution in [2.45, 2.75) is 6.42 Å². The van der Waals surface area contributed by atoms with Gasteiger partial charge in [0.25, 0.3) is 0 Å². The quantitative estimate of drug-likeness (QED) is 0.539. The van der Waals surface area contributed by atoms with Gasteiger partial charge in [0, 0.05) is 5.56 Å². The van der Waals surface area contributed by atoms with Gasteiger partial charge in [-0.1, -0.05) is 48.5 Å². The van der Waals surface area contributed by atoms with E-state index in [1.807, 2.05) is 60.7 Å². The first-order chi connectivity index (χ1) is 11.2. The Morgan fingerprint density at radius 1 is 0.913 bits per heavy atom. The van der Waals surface area contributed by atoms with E-state index in [1.165, 1.54) is 0 Å². The summed E-state index contributed by atoms with van der Waals surface area (Å²) in [6, 6.07) is 19.0. The monoisotopic (exact) mass is 304 g/mol. The second-order valence-electron chi connectivity index (χ2n) is 5.22. The second kappa shape index (κ2) is 5.21. The Morgan fingerprint density at radius 2 is 1.57 bits per heavy atom. The summed E-state index contributed by atoms with van der Waals surface area (Å²) in [4.78, 5) is 23.8. The molecule has 0 unspecified atom stereocenters. The Kier molecular flexibility index (Phi) is 3.05. The van der Waals surface area contributed by atoms with Crippen molar-refractivity contribution >= 4 is 11.9 Å². The molecule has 0 saturated heterocycles. The maximum atomic E-state index is 12.2. The van der Waals surface area contributed by atoms with E-state index in [0.29, 0.717) is 17.0 Å². The minimum Gasteiger partial charge on any atom is -0.389 e. The van der Waals surface area contributed by atoms with Crippen LogP contribution < -0.4 is 0 Å². The van der Waals surface area contributed by atoms with Crippen LogP contribution in [0.5, 0.6) is 0 Å². The number of hydrogen-bond donors (Lipinski definition) is 0. The normalized spacial score (nSPS) is 13.6. The predicted molar refractivity (Wildman–Crippen MR) is 83.1 cm³/mol. The largest absolute Gasteiger partial charge is 0.389 e. The van der Waals surface area contributed by atoms with Crippen molar-refractivity contribution in [1.29, 1.82) is 0 Å². The highest BCUT2D eigenvalue weighted by Gasteiger charge is 2.33. The maximum Gasteiger partial charge on any atom is 0.349 e. The number of benzene rings is 2. The van der Waals surface area contributed by atoms with Gasteiger partial charge in [0.05, 0.1) is 23.5 Å². The van der Waals surface area contributed by atoms with Gasteiger partial charge in [-0.25, -0.2) is 9.48 Å². The third-order valence-corrected chi connectivity index (χ3v) is 3.73. The lowest BCUT2D eigenvalue weighted by Gasteiger charge is -2.11. The van der Waals surface area contributed by atoms with E-state index in [0.717, 1.165) is 11.3 Å². The molecule has 1 aliphatic heterocycles. The fourth-order valence-electron chi connectivity index (χ4n) is 2.75. The van der Waals surface area contributed by atoms with Crippen LogP contribution in [0.25, 0.3) is 16.9 Å². The molecule has 0 radical (unpaired) electrons. The van der Waals surface area contributed by atoms with E-state index in [2.05, 4.69) is 5.10 Å². The smallest absolute Gasteiger partial charge is 0.349 e. The zero-order valence-corrected chi connectivity index (χ0v) is 12.1. The summed E-state index contributed by atoms with van der Waals surface area (Å²) < 4.78 is 6.49. The molecule has 112 valence electrons. The maximum absolute atomic E-state index is 12.2. The SMILES string of the molecule is O=C1Cc2nn(-c3ccccc3)c(-c3ccccc3)c2C(=O)O1. The van der Waals surface area contributed by atoms with Crippen LogP contribution in [0.2, 0.25) is 0 Å². The zero-order valence-electron chi connectivity index (χ0n) is 12.1. The van der Waals surface area contributed by atoms with Gasteiger partial charge in [0.2, 0.25) is 0 Å². The number of esters is 2. The van der Waals surface area contributed by atoms with Crippen LogP contribution in [0.3, 0.4) is 0 Å². The predicted octanol–water partition coefficient (Wildman–Crippen LogP) is 2.78. The van der Waals surface area contributed by atoms with Crippen molar-refractivity contribution in [2.75, 3.05) is 0 Å².